The highest BCUT2D eigenvalue weighted by Gasteiger charge is 2.12. The molecule has 2 nitrogen and oxygen atoms in total. The molecule has 100 valence electrons. The van der Waals surface area contributed by atoms with Crippen molar-refractivity contribution in [1.29, 1.82) is 0 Å². The van der Waals surface area contributed by atoms with Crippen LogP contribution in [0.4, 0.5) is 0 Å². The van der Waals surface area contributed by atoms with Crippen LogP contribution in [0.25, 0.3) is 0 Å². The second kappa shape index (κ2) is 6.85. The van der Waals surface area contributed by atoms with E-state index in [0.29, 0.717) is 6.54 Å². The highest BCUT2D eigenvalue weighted by atomic mass is 35.5. The van der Waals surface area contributed by atoms with E-state index in [0.717, 1.165) is 15.7 Å². The molecule has 0 fully saturated rings. The lowest BCUT2D eigenvalue weighted by Crippen LogP contribution is -2.09. The summed E-state index contributed by atoms with van der Waals surface area (Å²) < 4.78 is 5.25. The Balaban J connectivity index is 2.17. The van der Waals surface area contributed by atoms with E-state index in [9.17, 15) is 0 Å². The Bertz CT molecular complexity index is 530. The minimum atomic E-state index is 0.205. The molecule has 2 N–H and O–H groups in total. The monoisotopic (exact) mass is 293 g/mol. The minimum Gasteiger partial charge on any atom is -0.497 e. The molecule has 1 unspecified atom stereocenters. The maximum absolute atomic E-state index is 5.89. The van der Waals surface area contributed by atoms with Gasteiger partial charge in [-0.1, -0.05) is 23.7 Å². The van der Waals surface area contributed by atoms with Crippen LogP contribution in [0.2, 0.25) is 5.02 Å². The predicted molar refractivity (Wildman–Crippen MR) is 82.1 cm³/mol. The Hall–Kier alpha value is -1.16. The van der Waals surface area contributed by atoms with Crippen molar-refractivity contribution in [3.63, 3.8) is 0 Å². The fraction of sp³-hybridized carbons (Fsp3) is 0.200. The number of hydrogen-bond donors (Lipinski definition) is 1. The summed E-state index contributed by atoms with van der Waals surface area (Å²) in [7, 11) is 1.67. The SMILES string of the molecule is COc1cccc(C(CN)Sc2ccc(Cl)cc2)c1. The fourth-order valence-corrected chi connectivity index (χ4v) is 2.90. The highest BCUT2D eigenvalue weighted by molar-refractivity contribution is 7.99. The number of halogens is 1. The molecule has 19 heavy (non-hydrogen) atoms. The molecule has 0 aliphatic heterocycles. The standard InChI is InChI=1S/C15H16ClNOS/c1-18-13-4-2-3-11(9-13)15(10-17)19-14-7-5-12(16)6-8-14/h2-9,15H,10,17H2,1H3. The van der Waals surface area contributed by atoms with Crippen LogP contribution in [-0.4, -0.2) is 13.7 Å². The topological polar surface area (TPSA) is 35.2 Å². The third kappa shape index (κ3) is 3.90. The lowest BCUT2D eigenvalue weighted by atomic mass is 10.1. The molecule has 2 aromatic rings. The average Bonchev–Trinajstić information content (AvgIpc) is 2.46. The fourth-order valence-electron chi connectivity index (χ4n) is 1.77. The van der Waals surface area contributed by atoms with Crippen LogP contribution in [-0.2, 0) is 0 Å². The van der Waals surface area contributed by atoms with E-state index >= 15 is 0 Å². The Morgan fingerprint density at radius 1 is 1.21 bits per heavy atom. The van der Waals surface area contributed by atoms with Crippen LogP contribution in [0.1, 0.15) is 10.8 Å². The summed E-state index contributed by atoms with van der Waals surface area (Å²) >= 11 is 7.62. The Kier molecular flexibility index (Phi) is 5.14. The van der Waals surface area contributed by atoms with Crippen molar-refractivity contribution in [2.24, 2.45) is 5.73 Å². The number of rotatable bonds is 5. The lowest BCUT2D eigenvalue weighted by Gasteiger charge is -2.15. The van der Waals surface area contributed by atoms with Crippen molar-refractivity contribution in [1.82, 2.24) is 0 Å². The lowest BCUT2D eigenvalue weighted by molar-refractivity contribution is 0.414. The average molecular weight is 294 g/mol. The van der Waals surface area contributed by atoms with Gasteiger partial charge in [-0.3, -0.25) is 0 Å². The van der Waals surface area contributed by atoms with Gasteiger partial charge in [-0.15, -0.1) is 11.8 Å². The number of methoxy groups -OCH3 is 1. The Morgan fingerprint density at radius 3 is 2.58 bits per heavy atom. The number of thioether (sulfide) groups is 1. The van der Waals surface area contributed by atoms with Crippen LogP contribution in [0.15, 0.2) is 53.4 Å². The molecule has 4 heteroatoms. The molecule has 0 amide bonds. The number of benzene rings is 2. The molecular formula is C15H16ClNOS. The summed E-state index contributed by atoms with van der Waals surface area (Å²) in [6.07, 6.45) is 0. The normalized spacial score (nSPS) is 12.2. The van der Waals surface area contributed by atoms with Crippen molar-refractivity contribution in [2.45, 2.75) is 10.1 Å². The number of ether oxygens (including phenoxy) is 1. The predicted octanol–water partition coefficient (Wildman–Crippen LogP) is 4.14. The first-order valence-electron chi connectivity index (χ1n) is 5.99. The molecule has 2 rings (SSSR count). The van der Waals surface area contributed by atoms with Gasteiger partial charge in [0.25, 0.3) is 0 Å². The maximum atomic E-state index is 5.89. The Labute approximate surface area is 122 Å². The van der Waals surface area contributed by atoms with E-state index in [2.05, 4.69) is 6.07 Å². The van der Waals surface area contributed by atoms with Gasteiger partial charge in [0.2, 0.25) is 0 Å². The van der Waals surface area contributed by atoms with E-state index in [1.807, 2.05) is 42.5 Å². The number of hydrogen-bond acceptors (Lipinski definition) is 3. The smallest absolute Gasteiger partial charge is 0.119 e. The van der Waals surface area contributed by atoms with E-state index < -0.39 is 0 Å². The van der Waals surface area contributed by atoms with Crippen LogP contribution < -0.4 is 10.5 Å². The van der Waals surface area contributed by atoms with Crippen molar-refractivity contribution in [3.05, 3.63) is 59.1 Å². The summed E-state index contributed by atoms with van der Waals surface area (Å²) in [6.45, 7) is 0.570. The molecule has 0 saturated carbocycles. The van der Waals surface area contributed by atoms with Crippen LogP contribution in [0.3, 0.4) is 0 Å². The van der Waals surface area contributed by atoms with E-state index in [1.165, 1.54) is 5.56 Å². The second-order valence-corrected chi connectivity index (χ2v) is 5.79. The van der Waals surface area contributed by atoms with Crippen LogP contribution >= 0.6 is 23.4 Å². The molecule has 0 radical (unpaired) electrons. The second-order valence-electron chi connectivity index (χ2n) is 4.07. The van der Waals surface area contributed by atoms with Crippen LogP contribution in [0, 0.1) is 0 Å². The summed E-state index contributed by atoms with van der Waals surface area (Å²) in [5, 5.41) is 0.950. The van der Waals surface area contributed by atoms with Gasteiger partial charge in [0.1, 0.15) is 5.75 Å². The zero-order valence-corrected chi connectivity index (χ0v) is 12.2. The van der Waals surface area contributed by atoms with Gasteiger partial charge in [0.05, 0.1) is 7.11 Å². The third-order valence-corrected chi connectivity index (χ3v) is 4.32. The van der Waals surface area contributed by atoms with E-state index in [4.69, 9.17) is 22.1 Å². The zero-order chi connectivity index (χ0) is 13.7. The summed E-state index contributed by atoms with van der Waals surface area (Å²) in [4.78, 5) is 1.16. The maximum Gasteiger partial charge on any atom is 0.119 e. The highest BCUT2D eigenvalue weighted by Crippen LogP contribution is 2.35. The van der Waals surface area contributed by atoms with Crippen molar-refractivity contribution in [3.8, 4) is 5.75 Å². The third-order valence-electron chi connectivity index (χ3n) is 2.77. The minimum absolute atomic E-state index is 0.205. The zero-order valence-electron chi connectivity index (χ0n) is 10.7. The molecule has 1 atom stereocenters. The van der Waals surface area contributed by atoms with Gasteiger partial charge in [-0.25, -0.2) is 0 Å². The summed E-state index contributed by atoms with van der Waals surface area (Å²) in [5.74, 6) is 0.854. The first-order valence-corrected chi connectivity index (χ1v) is 7.25. The van der Waals surface area contributed by atoms with Crippen molar-refractivity contribution < 1.29 is 4.74 Å². The quantitative estimate of drug-likeness (QED) is 0.842. The molecule has 0 saturated heterocycles. The largest absolute Gasteiger partial charge is 0.497 e. The Morgan fingerprint density at radius 2 is 1.95 bits per heavy atom. The summed E-state index contributed by atoms with van der Waals surface area (Å²) in [6, 6.07) is 15.8. The van der Waals surface area contributed by atoms with Gasteiger partial charge in [0.15, 0.2) is 0 Å². The van der Waals surface area contributed by atoms with Gasteiger partial charge in [-0.05, 0) is 42.0 Å². The van der Waals surface area contributed by atoms with Crippen LogP contribution in [0.5, 0.6) is 5.75 Å². The molecule has 0 spiro atoms. The van der Waals surface area contributed by atoms with Gasteiger partial charge < -0.3 is 10.5 Å². The van der Waals surface area contributed by atoms with Crippen molar-refractivity contribution in [2.75, 3.05) is 13.7 Å². The van der Waals surface area contributed by atoms with Gasteiger partial charge in [-0.2, -0.15) is 0 Å². The molecule has 0 aliphatic carbocycles. The summed E-state index contributed by atoms with van der Waals surface area (Å²) in [5.41, 5.74) is 7.05. The molecular weight excluding hydrogens is 278 g/mol. The van der Waals surface area contributed by atoms with Crippen molar-refractivity contribution >= 4 is 23.4 Å². The number of nitrogens with two attached hydrogens (primary N) is 1. The van der Waals surface area contributed by atoms with Gasteiger partial charge >= 0.3 is 0 Å². The molecule has 0 heterocycles. The van der Waals surface area contributed by atoms with E-state index in [1.54, 1.807) is 18.9 Å². The first kappa shape index (κ1) is 14.3. The van der Waals surface area contributed by atoms with Gasteiger partial charge in [0, 0.05) is 21.7 Å². The molecule has 0 bridgehead atoms. The molecule has 0 aliphatic rings. The first-order chi connectivity index (χ1) is 9.22. The molecule has 2 aromatic carbocycles. The van der Waals surface area contributed by atoms with E-state index in [-0.39, 0.29) is 5.25 Å². The molecule has 0 aromatic heterocycles.